The second-order valence-electron chi connectivity index (χ2n) is 9.87. The molecule has 1 aliphatic heterocycles. The average Bonchev–Trinajstić information content (AvgIpc) is 3.04. The molecule has 0 unspecified atom stereocenters. The number of hydrogen-bond donors (Lipinski definition) is 0. The van der Waals surface area contributed by atoms with Crippen LogP contribution in [0.5, 0.6) is 11.5 Å². The van der Waals surface area contributed by atoms with E-state index in [-0.39, 0.29) is 24.9 Å². The number of piperazine rings is 1. The van der Waals surface area contributed by atoms with Crippen molar-refractivity contribution >= 4 is 17.6 Å². The van der Waals surface area contributed by atoms with Crippen LogP contribution in [0.25, 0.3) is 11.3 Å². The van der Waals surface area contributed by atoms with Crippen molar-refractivity contribution in [3.8, 4) is 22.8 Å². The Hall–Kier alpha value is -4.99. The molecular weight excluding hydrogens is 537 g/mol. The van der Waals surface area contributed by atoms with E-state index in [2.05, 4.69) is 15.1 Å². The van der Waals surface area contributed by atoms with Gasteiger partial charge in [-0.1, -0.05) is 30.3 Å². The van der Waals surface area contributed by atoms with E-state index >= 15 is 0 Å². The second kappa shape index (κ2) is 13.1. The number of rotatable bonds is 9. The molecule has 0 spiro atoms. The highest BCUT2D eigenvalue weighted by atomic mass is 19.1. The molecule has 0 radical (unpaired) electrons. The highest BCUT2D eigenvalue weighted by Crippen LogP contribution is 2.31. The predicted molar refractivity (Wildman–Crippen MR) is 157 cm³/mol. The smallest absolute Gasteiger partial charge is 0.254 e. The van der Waals surface area contributed by atoms with E-state index in [0.29, 0.717) is 48.9 Å². The average molecular weight is 570 g/mol. The summed E-state index contributed by atoms with van der Waals surface area (Å²) >= 11 is 0. The van der Waals surface area contributed by atoms with Gasteiger partial charge < -0.3 is 24.2 Å². The molecular formula is C32H32FN5O4. The number of aromatic nitrogens is 2. The zero-order valence-corrected chi connectivity index (χ0v) is 23.6. The molecule has 5 rings (SSSR count). The molecule has 42 heavy (non-hydrogen) atoms. The maximum Gasteiger partial charge on any atom is 0.254 e. The summed E-state index contributed by atoms with van der Waals surface area (Å²) < 4.78 is 24.1. The lowest BCUT2D eigenvalue weighted by molar-refractivity contribution is -0.132. The Morgan fingerprint density at radius 3 is 2.19 bits per heavy atom. The quantitative estimate of drug-likeness (QED) is 0.297. The van der Waals surface area contributed by atoms with Crippen LogP contribution in [0, 0.1) is 5.82 Å². The molecule has 1 aliphatic rings. The molecule has 9 nitrogen and oxygen atoms in total. The summed E-state index contributed by atoms with van der Waals surface area (Å²) in [6.45, 7) is 2.33. The van der Waals surface area contributed by atoms with Crippen molar-refractivity contribution in [1.82, 2.24) is 20.0 Å². The number of ether oxygens (including phenoxy) is 2. The standard InChI is InChI=1S/C32H32FN5O4/c1-41-28-14-10-25(20-29(28)42-2)27-13-15-30(35-34-27)36-16-18-37(19-17-36)31(39)22-38(21-23-6-4-3-5-7-23)32(40)24-8-11-26(33)12-9-24/h3-15,20H,16-19,21-22H2,1-2H3. The Bertz CT molecular complexity index is 1510. The molecule has 10 heteroatoms. The van der Waals surface area contributed by atoms with Crippen molar-refractivity contribution < 1.29 is 23.5 Å². The lowest BCUT2D eigenvalue weighted by Crippen LogP contribution is -2.52. The third-order valence-corrected chi connectivity index (χ3v) is 7.21. The van der Waals surface area contributed by atoms with Gasteiger partial charge in [0.2, 0.25) is 5.91 Å². The zero-order valence-electron chi connectivity index (χ0n) is 23.6. The van der Waals surface area contributed by atoms with Crippen molar-refractivity contribution in [3.05, 3.63) is 102 Å². The molecule has 0 aliphatic carbocycles. The summed E-state index contributed by atoms with van der Waals surface area (Å²) in [5.74, 6) is 1.09. The zero-order chi connectivity index (χ0) is 29.5. The van der Waals surface area contributed by atoms with E-state index in [1.165, 1.54) is 29.2 Å². The number of hydrogen-bond acceptors (Lipinski definition) is 7. The molecule has 1 saturated heterocycles. The lowest BCUT2D eigenvalue weighted by atomic mass is 10.1. The van der Waals surface area contributed by atoms with Crippen LogP contribution in [0.2, 0.25) is 0 Å². The van der Waals surface area contributed by atoms with Gasteiger partial charge in [0.25, 0.3) is 5.91 Å². The SMILES string of the molecule is COc1ccc(-c2ccc(N3CCN(C(=O)CN(Cc4ccccc4)C(=O)c4ccc(F)cc4)CC3)nn2)cc1OC. The van der Waals surface area contributed by atoms with Crippen LogP contribution in [0.15, 0.2) is 84.9 Å². The molecule has 0 atom stereocenters. The largest absolute Gasteiger partial charge is 0.493 e. The summed E-state index contributed by atoms with van der Waals surface area (Å²) in [6.07, 6.45) is 0. The third kappa shape index (κ3) is 6.65. The Balaban J connectivity index is 1.21. The predicted octanol–water partition coefficient (Wildman–Crippen LogP) is 4.29. The second-order valence-corrected chi connectivity index (χ2v) is 9.87. The van der Waals surface area contributed by atoms with E-state index in [9.17, 15) is 14.0 Å². The third-order valence-electron chi connectivity index (χ3n) is 7.21. The van der Waals surface area contributed by atoms with Crippen molar-refractivity contribution in [3.63, 3.8) is 0 Å². The topological polar surface area (TPSA) is 88.1 Å². The fourth-order valence-corrected chi connectivity index (χ4v) is 4.87. The summed E-state index contributed by atoms with van der Waals surface area (Å²) in [5, 5.41) is 8.83. The summed E-state index contributed by atoms with van der Waals surface area (Å²) in [5.41, 5.74) is 2.80. The van der Waals surface area contributed by atoms with Crippen LogP contribution in [0.1, 0.15) is 15.9 Å². The van der Waals surface area contributed by atoms with E-state index in [1.807, 2.05) is 60.7 Å². The van der Waals surface area contributed by atoms with Gasteiger partial charge in [0, 0.05) is 43.9 Å². The summed E-state index contributed by atoms with van der Waals surface area (Å²) in [6, 6.07) is 24.3. The van der Waals surface area contributed by atoms with Gasteiger partial charge in [0.1, 0.15) is 12.4 Å². The number of halogens is 1. The molecule has 3 aromatic carbocycles. The Labute approximate surface area is 244 Å². The number of carbonyl (C=O) groups is 2. The highest BCUT2D eigenvalue weighted by molar-refractivity contribution is 5.96. The molecule has 1 fully saturated rings. The molecule has 4 aromatic rings. The minimum Gasteiger partial charge on any atom is -0.493 e. The monoisotopic (exact) mass is 569 g/mol. The summed E-state index contributed by atoms with van der Waals surface area (Å²) in [4.78, 5) is 32.0. The van der Waals surface area contributed by atoms with Crippen molar-refractivity contribution in [2.24, 2.45) is 0 Å². The molecule has 2 amide bonds. The van der Waals surface area contributed by atoms with Gasteiger partial charge in [-0.05, 0) is 60.2 Å². The first-order valence-electron chi connectivity index (χ1n) is 13.6. The fourth-order valence-electron chi connectivity index (χ4n) is 4.87. The Kier molecular flexibility index (Phi) is 8.91. The van der Waals surface area contributed by atoms with Crippen LogP contribution < -0.4 is 14.4 Å². The first-order chi connectivity index (χ1) is 20.4. The molecule has 0 N–H and O–H groups in total. The van der Waals surface area contributed by atoms with Crippen LogP contribution in [0.3, 0.4) is 0 Å². The maximum absolute atomic E-state index is 13.4. The minimum absolute atomic E-state index is 0.0784. The van der Waals surface area contributed by atoms with E-state index in [1.54, 1.807) is 19.1 Å². The van der Waals surface area contributed by atoms with Crippen molar-refractivity contribution in [1.29, 1.82) is 0 Å². The number of anilines is 1. The molecule has 216 valence electrons. The molecule has 2 heterocycles. The number of nitrogens with zero attached hydrogens (tertiary/aromatic N) is 5. The Morgan fingerprint density at radius 2 is 1.55 bits per heavy atom. The van der Waals surface area contributed by atoms with Crippen LogP contribution in [-0.2, 0) is 11.3 Å². The molecule has 0 saturated carbocycles. The van der Waals surface area contributed by atoms with E-state index in [0.717, 1.165) is 16.9 Å². The number of methoxy groups -OCH3 is 2. The normalized spacial score (nSPS) is 13.0. The van der Waals surface area contributed by atoms with Crippen LogP contribution in [0.4, 0.5) is 10.2 Å². The van der Waals surface area contributed by atoms with Gasteiger partial charge in [-0.25, -0.2) is 4.39 Å². The minimum atomic E-state index is -0.421. The lowest BCUT2D eigenvalue weighted by Gasteiger charge is -2.36. The van der Waals surface area contributed by atoms with Gasteiger partial charge in [0.15, 0.2) is 17.3 Å². The number of amides is 2. The van der Waals surface area contributed by atoms with Gasteiger partial charge in [-0.3, -0.25) is 9.59 Å². The first-order valence-corrected chi connectivity index (χ1v) is 13.6. The summed E-state index contributed by atoms with van der Waals surface area (Å²) in [7, 11) is 3.18. The van der Waals surface area contributed by atoms with Gasteiger partial charge in [-0.2, -0.15) is 0 Å². The molecule has 1 aromatic heterocycles. The fraction of sp³-hybridized carbons (Fsp3) is 0.250. The van der Waals surface area contributed by atoms with E-state index in [4.69, 9.17) is 9.47 Å². The van der Waals surface area contributed by atoms with E-state index < -0.39 is 5.82 Å². The van der Waals surface area contributed by atoms with Gasteiger partial charge in [0.05, 0.1) is 19.9 Å². The van der Waals surface area contributed by atoms with Crippen molar-refractivity contribution in [2.75, 3.05) is 51.8 Å². The first kappa shape index (κ1) is 28.5. The maximum atomic E-state index is 13.4. The van der Waals surface area contributed by atoms with Crippen molar-refractivity contribution in [2.45, 2.75) is 6.54 Å². The van der Waals surface area contributed by atoms with Gasteiger partial charge >= 0.3 is 0 Å². The molecule has 0 bridgehead atoms. The van der Waals surface area contributed by atoms with Gasteiger partial charge in [-0.15, -0.1) is 10.2 Å². The highest BCUT2D eigenvalue weighted by Gasteiger charge is 2.26. The van der Waals surface area contributed by atoms with Crippen LogP contribution in [-0.4, -0.2) is 78.8 Å². The Morgan fingerprint density at radius 1 is 0.833 bits per heavy atom. The van der Waals surface area contributed by atoms with Crippen LogP contribution >= 0.6 is 0 Å². The number of carbonyl (C=O) groups excluding carboxylic acids is 2. The number of benzene rings is 3.